The van der Waals surface area contributed by atoms with Gasteiger partial charge in [0.15, 0.2) is 30.1 Å². The number of aliphatic hydroxyl groups excluding tert-OH is 3. The number of imidazole rings is 1. The van der Waals surface area contributed by atoms with Gasteiger partial charge in [0.25, 0.3) is 0 Å². The second-order valence-corrected chi connectivity index (χ2v) is 11.7. The number of hydrogen-bond acceptors (Lipinski definition) is 19. The van der Waals surface area contributed by atoms with Crippen LogP contribution in [0.25, 0.3) is 11.2 Å². The Balaban J connectivity index is 1.70. The van der Waals surface area contributed by atoms with E-state index in [1.54, 1.807) is 0 Å². The summed E-state index contributed by atoms with van der Waals surface area (Å²) in [5, 5.41) is 31.2. The zero-order valence-corrected chi connectivity index (χ0v) is 24.6. The van der Waals surface area contributed by atoms with Crippen LogP contribution in [0.2, 0.25) is 0 Å². The first kappa shape index (κ1) is 35.1. The number of nitrogens with zero attached hydrogens (tertiary/aromatic N) is 4. The van der Waals surface area contributed by atoms with E-state index >= 15 is 0 Å². The zero-order valence-electron chi connectivity index (χ0n) is 22.9. The summed E-state index contributed by atoms with van der Waals surface area (Å²) in [5.74, 6) is -5.13. The molecular formula is C20H27N5O17P2. The molecule has 0 aliphatic carbocycles. The molecule has 1 aliphatic rings. The third-order valence-electron chi connectivity index (χ3n) is 5.27. The van der Waals surface area contributed by atoms with Crippen molar-refractivity contribution in [1.29, 1.82) is 0 Å². The summed E-state index contributed by atoms with van der Waals surface area (Å²) in [6, 6.07) is 0. The molecule has 1 aliphatic heterocycles. The van der Waals surface area contributed by atoms with E-state index in [1.807, 2.05) is 0 Å². The first-order valence-corrected chi connectivity index (χ1v) is 15.0. The van der Waals surface area contributed by atoms with Crippen molar-refractivity contribution in [3.05, 3.63) is 24.2 Å². The minimum Gasteiger partial charge on any atom is -0.458 e. The van der Waals surface area contributed by atoms with Gasteiger partial charge in [-0.1, -0.05) is 0 Å². The van der Waals surface area contributed by atoms with Gasteiger partial charge in [-0.25, -0.2) is 28.6 Å². The molecule has 1 saturated heterocycles. The quantitative estimate of drug-likeness (QED) is 0.0464. The van der Waals surface area contributed by atoms with Gasteiger partial charge in [-0.2, -0.15) is 4.31 Å². The van der Waals surface area contributed by atoms with E-state index in [2.05, 4.69) is 37.8 Å². The Morgan fingerprint density at radius 2 is 1.68 bits per heavy atom. The maximum absolute atomic E-state index is 12.4. The fourth-order valence-electron chi connectivity index (χ4n) is 3.56. The number of hydrogen-bond donors (Lipinski definition) is 6. The van der Waals surface area contributed by atoms with Gasteiger partial charge in [0.05, 0.1) is 12.9 Å². The van der Waals surface area contributed by atoms with Crippen LogP contribution in [0.1, 0.15) is 27.0 Å². The van der Waals surface area contributed by atoms with Crippen LogP contribution in [-0.2, 0) is 55.8 Å². The lowest BCUT2D eigenvalue weighted by molar-refractivity contribution is -0.149. The van der Waals surface area contributed by atoms with E-state index in [4.69, 9.17) is 15.2 Å². The van der Waals surface area contributed by atoms with Crippen LogP contribution in [-0.4, -0.2) is 100 Å². The normalized spacial score (nSPS) is 24.1. The van der Waals surface area contributed by atoms with Gasteiger partial charge < -0.3 is 49.8 Å². The molecule has 3 heterocycles. The lowest BCUT2D eigenvalue weighted by Gasteiger charge is -2.22. The van der Waals surface area contributed by atoms with Gasteiger partial charge in [0, 0.05) is 20.8 Å². The summed E-state index contributed by atoms with van der Waals surface area (Å²) in [5.41, 5.74) is 6.00. The van der Waals surface area contributed by atoms with E-state index in [9.17, 15) is 48.6 Å². The minimum atomic E-state index is -5.80. The molecule has 44 heavy (non-hydrogen) atoms. The van der Waals surface area contributed by atoms with Crippen molar-refractivity contribution in [3.8, 4) is 0 Å². The Kier molecular flexibility index (Phi) is 11.3. The highest BCUT2D eigenvalue weighted by Gasteiger charge is 2.46. The lowest BCUT2D eigenvalue weighted by Crippen LogP contribution is -2.33. The van der Waals surface area contributed by atoms with Crippen molar-refractivity contribution in [2.45, 2.75) is 51.6 Å². The fraction of sp³-hybridized carbons (Fsp3) is 0.500. The van der Waals surface area contributed by atoms with Crippen LogP contribution < -0.4 is 5.73 Å². The molecule has 2 aromatic rings. The molecule has 0 radical (unpaired) electrons. The van der Waals surface area contributed by atoms with Gasteiger partial charge in [-0.15, -0.1) is 0 Å². The molecule has 3 rings (SSSR count). The van der Waals surface area contributed by atoms with Gasteiger partial charge >= 0.3 is 33.6 Å². The summed E-state index contributed by atoms with van der Waals surface area (Å²) >= 11 is 0. The summed E-state index contributed by atoms with van der Waals surface area (Å²) in [4.78, 5) is 65.8. The number of phosphoric acid groups is 2. The molecule has 22 nitrogen and oxygen atoms in total. The topological polar surface area (TPSA) is 321 Å². The first-order valence-electron chi connectivity index (χ1n) is 12.0. The van der Waals surface area contributed by atoms with Crippen molar-refractivity contribution in [3.63, 3.8) is 0 Å². The molecule has 7 atom stereocenters. The number of carbonyl (C=O) groups is 3. The van der Waals surface area contributed by atoms with E-state index < -0.39 is 89.1 Å². The summed E-state index contributed by atoms with van der Waals surface area (Å²) in [6.07, 6.45) is -6.74. The van der Waals surface area contributed by atoms with Crippen LogP contribution in [0, 0.1) is 0 Å². The molecule has 0 saturated carbocycles. The molecule has 7 N–H and O–H groups in total. The van der Waals surface area contributed by atoms with Gasteiger partial charge in [-0.3, -0.25) is 23.5 Å². The Labute approximate surface area is 246 Å². The second kappa shape index (κ2) is 14.1. The average Bonchev–Trinajstić information content (AvgIpc) is 3.44. The van der Waals surface area contributed by atoms with Crippen molar-refractivity contribution < 1.29 is 80.9 Å². The number of esters is 3. The van der Waals surface area contributed by atoms with Gasteiger partial charge in [0.2, 0.25) is 12.0 Å². The summed E-state index contributed by atoms with van der Waals surface area (Å²) < 4.78 is 58.6. The Hall–Kier alpha value is -3.40. The maximum Gasteiger partial charge on any atom is 0.483 e. The van der Waals surface area contributed by atoms with Crippen LogP contribution in [0.15, 0.2) is 24.2 Å². The Morgan fingerprint density at radius 1 is 1.02 bits per heavy atom. The average molecular weight is 671 g/mol. The predicted molar refractivity (Wildman–Crippen MR) is 137 cm³/mol. The summed E-state index contributed by atoms with van der Waals surface area (Å²) in [7, 11) is -11.4. The molecule has 0 amide bonds. The molecule has 2 aromatic heterocycles. The van der Waals surface area contributed by atoms with Crippen molar-refractivity contribution >= 4 is 50.5 Å². The number of nitrogens with two attached hydrogens (primary N) is 1. The number of fused-ring (bicyclic) bond motifs is 1. The first-order chi connectivity index (χ1) is 20.4. The lowest BCUT2D eigenvalue weighted by atomic mass is 10.1. The number of phosphoric ester groups is 2. The van der Waals surface area contributed by atoms with E-state index in [1.165, 1.54) is 10.9 Å². The SMILES string of the molecule is CC(=O)OC/C(OC(C)=O)=C(\OC(C)=O)C(O)OP(=O)(O)OP(=O)(O)OCC1OC(n2cnc3c(N)ncnc32)C(O)C1O. The standard InChI is InChI=1S/C20H27N5O17P2/c1-8(26)36-4-12(38-9(2)27)16(39-10(3)28)20(31)41-44(34,35)42-43(32,33)37-5-11-14(29)15(30)19(40-11)25-7-24-13-17(21)22-6-23-18(13)25/h6-7,11,14-15,19-20,29-31H,4-5H2,1-3H3,(H,32,33)(H,34,35)(H2,21,22,23)/b16-12+. The molecule has 7 unspecified atom stereocenters. The van der Waals surface area contributed by atoms with Gasteiger partial charge in [0.1, 0.15) is 30.2 Å². The molecular weight excluding hydrogens is 644 g/mol. The minimum absolute atomic E-state index is 0.0169. The van der Waals surface area contributed by atoms with Crippen LogP contribution in [0.5, 0.6) is 0 Å². The number of rotatable bonds is 13. The molecule has 0 spiro atoms. The van der Waals surface area contributed by atoms with Crippen molar-refractivity contribution in [1.82, 2.24) is 19.5 Å². The Morgan fingerprint density at radius 3 is 2.30 bits per heavy atom. The third-order valence-corrected chi connectivity index (χ3v) is 7.86. The van der Waals surface area contributed by atoms with Crippen LogP contribution >= 0.6 is 15.6 Å². The van der Waals surface area contributed by atoms with E-state index in [-0.39, 0.29) is 17.0 Å². The number of nitrogen functional groups attached to an aromatic ring is 1. The molecule has 1 fully saturated rings. The highest BCUT2D eigenvalue weighted by atomic mass is 31.3. The number of carbonyl (C=O) groups excluding carboxylic acids is 3. The molecule has 0 bridgehead atoms. The van der Waals surface area contributed by atoms with Crippen molar-refractivity contribution in [2.75, 3.05) is 18.9 Å². The van der Waals surface area contributed by atoms with Crippen LogP contribution in [0.4, 0.5) is 5.82 Å². The molecule has 0 aromatic carbocycles. The molecule has 244 valence electrons. The number of anilines is 1. The third kappa shape index (κ3) is 9.06. The fourth-order valence-corrected chi connectivity index (χ4v) is 5.63. The highest BCUT2D eigenvalue weighted by Crippen LogP contribution is 2.61. The van der Waals surface area contributed by atoms with E-state index in [0.717, 1.165) is 27.1 Å². The van der Waals surface area contributed by atoms with Crippen molar-refractivity contribution in [2.24, 2.45) is 0 Å². The van der Waals surface area contributed by atoms with Gasteiger partial charge in [-0.05, 0) is 0 Å². The monoisotopic (exact) mass is 671 g/mol. The smallest absolute Gasteiger partial charge is 0.458 e. The number of aromatic nitrogens is 4. The largest absolute Gasteiger partial charge is 0.483 e. The number of aliphatic hydroxyl groups is 3. The van der Waals surface area contributed by atoms with E-state index in [0.29, 0.717) is 0 Å². The molecule has 24 heteroatoms. The highest BCUT2D eigenvalue weighted by molar-refractivity contribution is 7.61. The summed E-state index contributed by atoms with van der Waals surface area (Å²) in [6.45, 7) is 0.710. The van der Waals surface area contributed by atoms with Crippen LogP contribution in [0.3, 0.4) is 0 Å². The number of ether oxygens (including phenoxy) is 4. The Bertz CT molecular complexity index is 1530. The zero-order chi connectivity index (χ0) is 33.0. The maximum atomic E-state index is 12.4. The predicted octanol–water partition coefficient (Wildman–Crippen LogP) is -1.50. The second-order valence-electron chi connectivity index (χ2n) is 8.66.